The molecule has 3 aliphatic rings. The Balaban J connectivity index is 2.08. The number of amides is 1. The van der Waals surface area contributed by atoms with Crippen molar-refractivity contribution in [3.8, 4) is 0 Å². The molecule has 0 N–H and O–H groups in total. The van der Waals surface area contributed by atoms with E-state index in [1.807, 2.05) is 6.92 Å². The van der Waals surface area contributed by atoms with E-state index in [1.54, 1.807) is 18.2 Å². The summed E-state index contributed by atoms with van der Waals surface area (Å²) in [6.45, 7) is 1.85. The number of hydrogen-bond donors (Lipinski definition) is 0. The van der Waals surface area contributed by atoms with Crippen LogP contribution in [-0.2, 0) is 24.3 Å². The van der Waals surface area contributed by atoms with Crippen molar-refractivity contribution < 1.29 is 22.7 Å². The molecule has 2 bridgehead atoms. The Kier molecular flexibility index (Phi) is 3.65. The molecular weight excluding hydrogens is 318 g/mol. The summed E-state index contributed by atoms with van der Waals surface area (Å²) in [7, 11) is -2.70. The number of ether oxygens (including phenoxy) is 1. The monoisotopic (exact) mass is 335 g/mol. The predicted molar refractivity (Wildman–Crippen MR) is 82.0 cm³/mol. The third kappa shape index (κ3) is 2.14. The molecule has 4 rings (SSSR count). The van der Waals surface area contributed by atoms with Crippen molar-refractivity contribution in [2.75, 3.05) is 7.11 Å². The highest BCUT2D eigenvalue weighted by Gasteiger charge is 2.58. The van der Waals surface area contributed by atoms with Crippen LogP contribution >= 0.6 is 0 Å². The van der Waals surface area contributed by atoms with Gasteiger partial charge in [-0.2, -0.15) is 0 Å². The Hall–Kier alpha value is -1.99. The van der Waals surface area contributed by atoms with Crippen LogP contribution in [0.2, 0.25) is 0 Å². The van der Waals surface area contributed by atoms with E-state index >= 15 is 0 Å². The summed E-state index contributed by atoms with van der Waals surface area (Å²) in [5.74, 6) is -1.39. The number of aryl methyl sites for hydroxylation is 1. The van der Waals surface area contributed by atoms with Crippen LogP contribution in [0.15, 0.2) is 41.3 Å². The fourth-order valence-electron chi connectivity index (χ4n) is 3.19. The molecule has 2 heterocycles. The van der Waals surface area contributed by atoms with Gasteiger partial charge in [-0.05, 0) is 31.6 Å². The second kappa shape index (κ2) is 5.28. The van der Waals surface area contributed by atoms with Gasteiger partial charge in [0.15, 0.2) is 5.60 Å². The molecule has 1 aliphatic carbocycles. The number of carbonyl (C=O) groups excluding carboxylic acids is 2. The Labute approximate surface area is 134 Å². The van der Waals surface area contributed by atoms with Gasteiger partial charge in [-0.25, -0.2) is 12.7 Å². The maximum Gasteiger partial charge on any atom is 0.273 e. The minimum atomic E-state index is -4.00. The van der Waals surface area contributed by atoms with Gasteiger partial charge in [0, 0.05) is 7.11 Å². The highest BCUT2D eigenvalue weighted by Crippen LogP contribution is 2.42. The summed E-state index contributed by atoms with van der Waals surface area (Å²) in [6.07, 6.45) is 4.01. The molecule has 23 heavy (non-hydrogen) atoms. The lowest BCUT2D eigenvalue weighted by molar-refractivity contribution is -0.162. The SMILES string of the molecule is CO[C@@]12C=C[C@@H](C[C@H]1C=O)N(S(=O)(=O)c1ccc(C)cc1)C2=O. The lowest BCUT2D eigenvalue weighted by atomic mass is 9.74. The second-order valence-electron chi connectivity index (χ2n) is 5.82. The van der Waals surface area contributed by atoms with Crippen LogP contribution in [0.25, 0.3) is 0 Å². The first kappa shape index (κ1) is 15.9. The van der Waals surface area contributed by atoms with Gasteiger partial charge in [0.05, 0.1) is 16.9 Å². The molecule has 1 aromatic rings. The lowest BCUT2D eigenvalue weighted by Gasteiger charge is -2.48. The fraction of sp³-hybridized carbons (Fsp3) is 0.375. The van der Waals surface area contributed by atoms with E-state index in [9.17, 15) is 18.0 Å². The van der Waals surface area contributed by atoms with E-state index in [1.165, 1.54) is 25.3 Å². The van der Waals surface area contributed by atoms with Crippen LogP contribution in [0.3, 0.4) is 0 Å². The van der Waals surface area contributed by atoms with Crippen molar-refractivity contribution >= 4 is 22.2 Å². The number of benzene rings is 1. The molecule has 1 fully saturated rings. The average Bonchev–Trinajstić information content (AvgIpc) is 2.55. The zero-order chi connectivity index (χ0) is 16.8. The van der Waals surface area contributed by atoms with Gasteiger partial charge in [-0.1, -0.05) is 23.8 Å². The average molecular weight is 335 g/mol. The van der Waals surface area contributed by atoms with Crippen LogP contribution in [0.5, 0.6) is 0 Å². The summed E-state index contributed by atoms with van der Waals surface area (Å²) >= 11 is 0. The van der Waals surface area contributed by atoms with Crippen LogP contribution in [0, 0.1) is 12.8 Å². The number of hydrogen-bond acceptors (Lipinski definition) is 5. The molecule has 122 valence electrons. The zero-order valence-corrected chi connectivity index (χ0v) is 13.6. The first-order valence-electron chi connectivity index (χ1n) is 7.22. The number of methoxy groups -OCH3 is 1. The molecule has 1 aromatic carbocycles. The third-order valence-corrected chi connectivity index (χ3v) is 6.35. The topological polar surface area (TPSA) is 80.8 Å². The minimum absolute atomic E-state index is 0.0475. The normalized spacial score (nSPS) is 29.8. The molecule has 0 spiro atoms. The molecule has 1 saturated heterocycles. The van der Waals surface area contributed by atoms with E-state index in [0.717, 1.165) is 9.87 Å². The van der Waals surface area contributed by atoms with E-state index < -0.39 is 33.5 Å². The van der Waals surface area contributed by atoms with E-state index in [-0.39, 0.29) is 11.3 Å². The molecular formula is C16H17NO5S. The standard InChI is InChI=1S/C16H17NO5S/c1-11-3-5-14(6-4-11)23(20,21)17-13-7-8-16(22-2,15(17)19)12(9-13)10-18/h3-8,10,12-13H,9H2,1-2H3/t12-,13-,16-/m0/s1. The minimum Gasteiger partial charge on any atom is -0.363 e. The smallest absolute Gasteiger partial charge is 0.273 e. The summed E-state index contributed by atoms with van der Waals surface area (Å²) in [4.78, 5) is 24.1. The number of carbonyl (C=O) groups is 2. The Morgan fingerprint density at radius 3 is 2.52 bits per heavy atom. The maximum absolute atomic E-state index is 12.9. The maximum atomic E-state index is 12.9. The van der Waals surface area contributed by atoms with Gasteiger partial charge in [-0.3, -0.25) is 4.79 Å². The van der Waals surface area contributed by atoms with Gasteiger partial charge in [0.1, 0.15) is 6.29 Å². The van der Waals surface area contributed by atoms with Crippen molar-refractivity contribution in [1.29, 1.82) is 0 Å². The predicted octanol–water partition coefficient (Wildman–Crippen LogP) is 1.05. The first-order valence-corrected chi connectivity index (χ1v) is 8.66. The van der Waals surface area contributed by atoms with E-state index in [2.05, 4.69) is 0 Å². The molecule has 0 aromatic heterocycles. The van der Waals surface area contributed by atoms with Crippen LogP contribution in [0.1, 0.15) is 12.0 Å². The van der Waals surface area contributed by atoms with Gasteiger partial charge in [-0.15, -0.1) is 0 Å². The van der Waals surface area contributed by atoms with E-state index in [0.29, 0.717) is 6.29 Å². The number of piperidine rings is 1. The molecule has 1 amide bonds. The molecule has 3 atom stereocenters. The van der Waals surface area contributed by atoms with Crippen LogP contribution < -0.4 is 0 Å². The van der Waals surface area contributed by atoms with Gasteiger partial charge in [0.25, 0.3) is 15.9 Å². The Morgan fingerprint density at radius 1 is 1.30 bits per heavy atom. The fourth-order valence-corrected chi connectivity index (χ4v) is 4.77. The zero-order valence-electron chi connectivity index (χ0n) is 12.8. The molecule has 0 radical (unpaired) electrons. The van der Waals surface area contributed by atoms with Crippen molar-refractivity contribution in [3.63, 3.8) is 0 Å². The van der Waals surface area contributed by atoms with Gasteiger partial charge < -0.3 is 9.53 Å². The molecule has 0 unspecified atom stereocenters. The van der Waals surface area contributed by atoms with Crippen LogP contribution in [-0.4, -0.2) is 43.7 Å². The van der Waals surface area contributed by atoms with Crippen LogP contribution in [0.4, 0.5) is 0 Å². The first-order chi connectivity index (χ1) is 10.9. The highest BCUT2D eigenvalue weighted by molar-refractivity contribution is 7.89. The summed E-state index contributed by atoms with van der Waals surface area (Å²) < 4.78 is 31.9. The lowest BCUT2D eigenvalue weighted by Crippen LogP contribution is -2.66. The third-order valence-electron chi connectivity index (χ3n) is 4.53. The summed E-state index contributed by atoms with van der Waals surface area (Å²) in [5.41, 5.74) is -0.612. The molecule has 6 nitrogen and oxygen atoms in total. The number of fused-ring (bicyclic) bond motifs is 2. The van der Waals surface area contributed by atoms with E-state index in [4.69, 9.17) is 4.74 Å². The molecule has 2 aliphatic heterocycles. The van der Waals surface area contributed by atoms with Gasteiger partial charge in [0.2, 0.25) is 0 Å². The van der Waals surface area contributed by atoms with Crippen molar-refractivity contribution in [3.05, 3.63) is 42.0 Å². The largest absolute Gasteiger partial charge is 0.363 e. The molecule has 7 heteroatoms. The highest BCUT2D eigenvalue weighted by atomic mass is 32.2. The number of nitrogens with zero attached hydrogens (tertiary/aromatic N) is 1. The number of aldehydes is 1. The second-order valence-corrected chi connectivity index (χ2v) is 7.64. The number of rotatable bonds is 4. The quantitative estimate of drug-likeness (QED) is 0.607. The van der Waals surface area contributed by atoms with Gasteiger partial charge >= 0.3 is 0 Å². The van der Waals surface area contributed by atoms with Crippen molar-refractivity contribution in [2.45, 2.75) is 29.9 Å². The molecule has 0 saturated carbocycles. The Bertz CT molecular complexity index is 783. The Morgan fingerprint density at radius 2 is 1.96 bits per heavy atom. The number of sulfonamides is 1. The summed E-state index contributed by atoms with van der Waals surface area (Å²) in [6, 6.07) is 5.63. The van der Waals surface area contributed by atoms with Crippen molar-refractivity contribution in [1.82, 2.24) is 4.31 Å². The van der Waals surface area contributed by atoms with Crippen molar-refractivity contribution in [2.24, 2.45) is 5.92 Å². The summed E-state index contributed by atoms with van der Waals surface area (Å²) in [5, 5.41) is 0.